The zero-order valence-electron chi connectivity index (χ0n) is 20.9. The average molecular weight is 545 g/mol. The highest BCUT2D eigenvalue weighted by molar-refractivity contribution is 6.32. The maximum absolute atomic E-state index is 13.8. The third-order valence-corrected chi connectivity index (χ3v) is 7.85. The third kappa shape index (κ3) is 4.62. The first-order chi connectivity index (χ1) is 18.6. The van der Waals surface area contributed by atoms with Gasteiger partial charge >= 0.3 is 11.9 Å². The van der Waals surface area contributed by atoms with Crippen molar-refractivity contribution in [1.29, 1.82) is 0 Å². The van der Waals surface area contributed by atoms with E-state index in [0.717, 1.165) is 21.6 Å². The Labute approximate surface area is 229 Å². The van der Waals surface area contributed by atoms with E-state index < -0.39 is 53.6 Å². The van der Waals surface area contributed by atoms with Gasteiger partial charge in [0.2, 0.25) is 11.8 Å². The number of hydrogen-bond donors (Lipinski definition) is 3. The van der Waals surface area contributed by atoms with Crippen LogP contribution in [-0.4, -0.2) is 39.5 Å². The van der Waals surface area contributed by atoms with Crippen LogP contribution in [0.15, 0.2) is 72.8 Å². The third-order valence-electron chi connectivity index (χ3n) is 7.44. The number of carbonyl (C=O) groups excluding carboxylic acids is 2. The van der Waals surface area contributed by atoms with Gasteiger partial charge in [-0.1, -0.05) is 84.4 Å². The molecule has 39 heavy (non-hydrogen) atoms. The van der Waals surface area contributed by atoms with Gasteiger partial charge in [-0.2, -0.15) is 0 Å². The molecule has 2 saturated heterocycles. The molecule has 4 unspecified atom stereocenters. The number of fused-ring (bicyclic) bond motifs is 1. The number of anilines is 1. The predicted molar refractivity (Wildman–Crippen MR) is 146 cm³/mol. The lowest BCUT2D eigenvalue weighted by molar-refractivity contribution is -0.154. The smallest absolute Gasteiger partial charge is 0.325 e. The van der Waals surface area contributed by atoms with Crippen molar-refractivity contribution in [3.8, 4) is 0 Å². The summed E-state index contributed by atoms with van der Waals surface area (Å²) in [6, 6.07) is 20.7. The summed E-state index contributed by atoms with van der Waals surface area (Å²) < 4.78 is 0. The zero-order valence-corrected chi connectivity index (χ0v) is 21.6. The van der Waals surface area contributed by atoms with Gasteiger partial charge in [0.25, 0.3) is 0 Å². The molecular weight excluding hydrogens is 520 g/mol. The number of imide groups is 1. The molecule has 2 aliphatic rings. The summed E-state index contributed by atoms with van der Waals surface area (Å²) in [6.45, 7) is 1.77. The number of carboxylic acids is 2. The highest BCUT2D eigenvalue weighted by Gasteiger charge is 2.69. The van der Waals surface area contributed by atoms with Crippen molar-refractivity contribution in [2.45, 2.75) is 24.9 Å². The lowest BCUT2D eigenvalue weighted by Crippen LogP contribution is -2.57. The molecule has 2 aliphatic heterocycles. The SMILES string of the molecule is Cc1ccc(N2C(=O)C3C(c4ccc(/C=C/c5ccccc5)cc4)NC(CC(=O)O)(C(=O)O)C3C2=O)cc1Cl. The van der Waals surface area contributed by atoms with Crippen molar-refractivity contribution in [3.63, 3.8) is 0 Å². The Morgan fingerprint density at radius 2 is 1.59 bits per heavy atom. The number of amides is 2. The van der Waals surface area contributed by atoms with Gasteiger partial charge in [-0.15, -0.1) is 0 Å². The van der Waals surface area contributed by atoms with Crippen LogP contribution in [-0.2, 0) is 19.2 Å². The van der Waals surface area contributed by atoms with E-state index in [2.05, 4.69) is 5.32 Å². The van der Waals surface area contributed by atoms with Crippen molar-refractivity contribution in [3.05, 3.63) is 100 Å². The second-order valence-electron chi connectivity index (χ2n) is 9.83. The Bertz CT molecular complexity index is 1500. The number of aryl methyl sites for hydroxylation is 1. The topological polar surface area (TPSA) is 124 Å². The fourth-order valence-electron chi connectivity index (χ4n) is 5.51. The molecule has 3 N–H and O–H groups in total. The molecule has 0 spiro atoms. The maximum Gasteiger partial charge on any atom is 0.325 e. The summed E-state index contributed by atoms with van der Waals surface area (Å²) >= 11 is 6.25. The molecule has 0 bridgehead atoms. The molecule has 2 fully saturated rings. The van der Waals surface area contributed by atoms with Crippen LogP contribution in [0.25, 0.3) is 12.2 Å². The quantitative estimate of drug-likeness (QED) is 0.294. The summed E-state index contributed by atoms with van der Waals surface area (Å²) in [5, 5.41) is 23.1. The van der Waals surface area contributed by atoms with Crippen molar-refractivity contribution in [2.75, 3.05) is 4.90 Å². The van der Waals surface area contributed by atoms with E-state index in [1.807, 2.05) is 54.6 Å². The van der Waals surface area contributed by atoms with E-state index in [4.69, 9.17) is 11.6 Å². The summed E-state index contributed by atoms with van der Waals surface area (Å²) in [4.78, 5) is 52.8. The van der Waals surface area contributed by atoms with Crippen molar-refractivity contribution in [1.82, 2.24) is 5.32 Å². The van der Waals surface area contributed by atoms with Gasteiger partial charge in [0.1, 0.15) is 5.54 Å². The minimum absolute atomic E-state index is 0.213. The van der Waals surface area contributed by atoms with Gasteiger partial charge in [-0.05, 0) is 41.3 Å². The predicted octanol–water partition coefficient (Wildman–Crippen LogP) is 4.57. The van der Waals surface area contributed by atoms with Gasteiger partial charge in [0.15, 0.2) is 0 Å². The molecule has 3 aromatic rings. The number of nitrogens with one attached hydrogen (secondary N) is 1. The molecule has 0 saturated carbocycles. The highest BCUT2D eigenvalue weighted by atomic mass is 35.5. The largest absolute Gasteiger partial charge is 0.481 e. The van der Waals surface area contributed by atoms with E-state index in [1.54, 1.807) is 31.2 Å². The summed E-state index contributed by atoms with van der Waals surface area (Å²) in [7, 11) is 0. The molecule has 8 nitrogen and oxygen atoms in total. The van der Waals surface area contributed by atoms with E-state index in [9.17, 15) is 29.4 Å². The van der Waals surface area contributed by atoms with E-state index >= 15 is 0 Å². The maximum atomic E-state index is 13.8. The fourth-order valence-corrected chi connectivity index (χ4v) is 5.68. The number of nitrogens with zero attached hydrogens (tertiary/aromatic N) is 1. The van der Waals surface area contributed by atoms with E-state index in [0.29, 0.717) is 10.6 Å². The Kier molecular flexibility index (Phi) is 6.84. The first-order valence-corrected chi connectivity index (χ1v) is 12.7. The molecule has 0 radical (unpaired) electrons. The van der Waals surface area contributed by atoms with Crippen LogP contribution in [0.3, 0.4) is 0 Å². The molecule has 0 aromatic heterocycles. The number of halogens is 1. The molecule has 5 rings (SSSR count). The Hall–Kier alpha value is -4.27. The minimum Gasteiger partial charge on any atom is -0.481 e. The van der Waals surface area contributed by atoms with Crippen LogP contribution in [0.1, 0.15) is 34.7 Å². The van der Waals surface area contributed by atoms with Crippen LogP contribution in [0.4, 0.5) is 5.69 Å². The molecule has 2 heterocycles. The summed E-state index contributed by atoms with van der Waals surface area (Å²) in [5.74, 6) is -6.84. The standard InChI is InChI=1S/C30H25ClN2O6/c1-17-7-14-21(15-22(17)31)33-27(36)24-25(28(33)37)30(29(38)39,16-23(34)35)32-26(24)20-12-10-19(11-13-20)9-8-18-5-3-2-4-6-18/h2-15,24-26,32H,16H2,1H3,(H,34,35)(H,38,39)/b9-8+. The van der Waals surface area contributed by atoms with E-state index in [1.165, 1.54) is 6.07 Å². The monoisotopic (exact) mass is 544 g/mol. The number of rotatable bonds is 7. The zero-order chi connectivity index (χ0) is 27.9. The Morgan fingerprint density at radius 1 is 0.949 bits per heavy atom. The van der Waals surface area contributed by atoms with Crippen LogP contribution in [0, 0.1) is 18.8 Å². The molecule has 4 atom stereocenters. The van der Waals surface area contributed by atoms with Crippen molar-refractivity contribution in [2.24, 2.45) is 11.8 Å². The summed E-state index contributed by atoms with van der Waals surface area (Å²) in [6.07, 6.45) is 2.99. The van der Waals surface area contributed by atoms with Gasteiger partial charge in [-0.3, -0.25) is 24.5 Å². The normalized spacial score (nSPS) is 24.4. The lowest BCUT2D eigenvalue weighted by Gasteiger charge is -2.29. The van der Waals surface area contributed by atoms with Crippen LogP contribution in [0.5, 0.6) is 0 Å². The Balaban J connectivity index is 1.54. The lowest BCUT2D eigenvalue weighted by atomic mass is 9.77. The van der Waals surface area contributed by atoms with E-state index in [-0.39, 0.29) is 5.69 Å². The average Bonchev–Trinajstić information content (AvgIpc) is 3.39. The van der Waals surface area contributed by atoms with Gasteiger partial charge in [-0.25, -0.2) is 4.90 Å². The number of aliphatic carboxylic acids is 2. The molecule has 9 heteroatoms. The van der Waals surface area contributed by atoms with Crippen molar-refractivity contribution < 1.29 is 29.4 Å². The van der Waals surface area contributed by atoms with Gasteiger partial charge in [0, 0.05) is 11.1 Å². The van der Waals surface area contributed by atoms with Crippen LogP contribution in [0.2, 0.25) is 5.02 Å². The fraction of sp³-hybridized carbons (Fsp3) is 0.200. The van der Waals surface area contributed by atoms with Gasteiger partial charge in [0.05, 0.1) is 23.9 Å². The Morgan fingerprint density at radius 3 is 2.18 bits per heavy atom. The van der Waals surface area contributed by atoms with Crippen LogP contribution < -0.4 is 10.2 Å². The molecular formula is C30H25ClN2O6. The molecule has 3 aromatic carbocycles. The minimum atomic E-state index is -2.18. The summed E-state index contributed by atoms with van der Waals surface area (Å²) in [5.41, 5.74) is 1.24. The van der Waals surface area contributed by atoms with Crippen molar-refractivity contribution >= 4 is 53.2 Å². The number of benzene rings is 3. The number of hydrogen-bond acceptors (Lipinski definition) is 5. The van der Waals surface area contributed by atoms with Gasteiger partial charge < -0.3 is 10.2 Å². The molecule has 198 valence electrons. The molecule has 0 aliphatic carbocycles. The first kappa shape index (κ1) is 26.3. The second kappa shape index (κ2) is 10.1. The second-order valence-corrected chi connectivity index (χ2v) is 10.2. The first-order valence-electron chi connectivity index (χ1n) is 12.3. The van der Waals surface area contributed by atoms with Crippen LogP contribution >= 0.6 is 11.6 Å². The molecule has 2 amide bonds. The number of carbonyl (C=O) groups is 4. The number of carboxylic acid groups (broad SMARTS) is 2. The highest BCUT2D eigenvalue weighted by Crippen LogP contribution is 2.51.